The summed E-state index contributed by atoms with van der Waals surface area (Å²) in [6, 6.07) is 13.2. The molecule has 0 amide bonds. The summed E-state index contributed by atoms with van der Waals surface area (Å²) in [7, 11) is 0. The molecular formula is C19H21BrCl2N2O2. The Morgan fingerprint density at radius 3 is 2.54 bits per heavy atom. The van der Waals surface area contributed by atoms with Crippen LogP contribution in [0.3, 0.4) is 0 Å². The molecule has 0 aromatic heterocycles. The fourth-order valence-corrected chi connectivity index (χ4v) is 3.09. The van der Waals surface area contributed by atoms with Crippen LogP contribution in [-0.2, 0) is 16.1 Å². The van der Waals surface area contributed by atoms with Gasteiger partial charge < -0.3 is 15.4 Å². The van der Waals surface area contributed by atoms with Gasteiger partial charge in [0.05, 0.1) is 12.5 Å². The average Bonchev–Trinajstić information content (AvgIpc) is 2.61. The Kier molecular flexibility index (Phi) is 8.72. The van der Waals surface area contributed by atoms with E-state index in [4.69, 9.17) is 27.9 Å². The van der Waals surface area contributed by atoms with Crippen molar-refractivity contribution in [3.63, 3.8) is 0 Å². The minimum atomic E-state index is -0.315. The SMILES string of the molecule is CCOC(=O)C(CNCc1ccc(Cl)cc1Cl)CNc1ccc(Br)cc1. The molecule has 0 bridgehead atoms. The highest BCUT2D eigenvalue weighted by atomic mass is 79.9. The predicted octanol–water partition coefficient (Wildman–Crippen LogP) is 5.14. The number of esters is 1. The Morgan fingerprint density at radius 2 is 1.88 bits per heavy atom. The molecule has 0 aliphatic heterocycles. The third-order valence-corrected chi connectivity index (χ3v) is 4.85. The second kappa shape index (κ2) is 10.8. The summed E-state index contributed by atoms with van der Waals surface area (Å²) in [5, 5.41) is 7.75. The van der Waals surface area contributed by atoms with E-state index in [9.17, 15) is 4.79 Å². The molecule has 4 nitrogen and oxygen atoms in total. The molecule has 1 atom stereocenters. The molecule has 0 heterocycles. The van der Waals surface area contributed by atoms with Crippen LogP contribution in [-0.4, -0.2) is 25.7 Å². The van der Waals surface area contributed by atoms with Crippen molar-refractivity contribution < 1.29 is 9.53 Å². The summed E-state index contributed by atoms with van der Waals surface area (Å²) in [6.45, 7) is 3.65. The Balaban J connectivity index is 1.91. The molecule has 26 heavy (non-hydrogen) atoms. The number of hydrogen-bond donors (Lipinski definition) is 2. The zero-order valence-electron chi connectivity index (χ0n) is 14.4. The molecule has 0 radical (unpaired) electrons. The van der Waals surface area contributed by atoms with Crippen LogP contribution in [0, 0.1) is 5.92 Å². The second-order valence-corrected chi connectivity index (χ2v) is 7.46. The molecule has 2 aromatic rings. The zero-order valence-corrected chi connectivity index (χ0v) is 17.5. The number of rotatable bonds is 9. The largest absolute Gasteiger partial charge is 0.466 e. The number of nitrogens with one attached hydrogen (secondary N) is 2. The van der Waals surface area contributed by atoms with Crippen LogP contribution in [0.25, 0.3) is 0 Å². The fraction of sp³-hybridized carbons (Fsp3) is 0.316. The van der Waals surface area contributed by atoms with Crippen molar-refractivity contribution in [3.8, 4) is 0 Å². The number of halogens is 3. The Labute approximate surface area is 172 Å². The topological polar surface area (TPSA) is 50.4 Å². The molecule has 1 unspecified atom stereocenters. The van der Waals surface area contributed by atoms with Crippen LogP contribution in [0.5, 0.6) is 0 Å². The van der Waals surface area contributed by atoms with Crippen molar-refractivity contribution in [2.45, 2.75) is 13.5 Å². The van der Waals surface area contributed by atoms with Gasteiger partial charge in [-0.25, -0.2) is 0 Å². The number of ether oxygens (including phenoxy) is 1. The lowest BCUT2D eigenvalue weighted by Crippen LogP contribution is -2.34. The van der Waals surface area contributed by atoms with Gasteiger partial charge in [-0.15, -0.1) is 0 Å². The van der Waals surface area contributed by atoms with Crippen molar-refractivity contribution in [3.05, 3.63) is 62.5 Å². The summed E-state index contributed by atoms with van der Waals surface area (Å²) in [5.41, 5.74) is 1.88. The Bertz CT molecular complexity index is 726. The molecule has 0 spiro atoms. The molecule has 0 saturated heterocycles. The number of hydrogen-bond acceptors (Lipinski definition) is 4. The first kappa shape index (κ1) is 21.0. The minimum Gasteiger partial charge on any atom is -0.466 e. The smallest absolute Gasteiger partial charge is 0.312 e. The van der Waals surface area contributed by atoms with Crippen molar-refractivity contribution >= 4 is 50.8 Å². The van der Waals surface area contributed by atoms with Gasteiger partial charge in [-0.2, -0.15) is 0 Å². The molecule has 7 heteroatoms. The first-order valence-corrected chi connectivity index (χ1v) is 9.85. The fourth-order valence-electron chi connectivity index (χ4n) is 2.35. The minimum absolute atomic E-state index is 0.230. The molecule has 140 valence electrons. The molecule has 0 saturated carbocycles. The van der Waals surface area contributed by atoms with Gasteiger partial charge >= 0.3 is 5.97 Å². The first-order valence-electron chi connectivity index (χ1n) is 8.30. The molecule has 2 N–H and O–H groups in total. The van der Waals surface area contributed by atoms with E-state index in [1.807, 2.05) is 30.3 Å². The van der Waals surface area contributed by atoms with E-state index in [0.717, 1.165) is 15.7 Å². The summed E-state index contributed by atoms with van der Waals surface area (Å²) in [6.07, 6.45) is 0. The van der Waals surface area contributed by atoms with Gasteiger partial charge in [-0.3, -0.25) is 4.79 Å². The number of carbonyl (C=O) groups is 1. The number of benzene rings is 2. The zero-order chi connectivity index (χ0) is 18.9. The van der Waals surface area contributed by atoms with Crippen LogP contribution in [0.1, 0.15) is 12.5 Å². The van der Waals surface area contributed by atoms with E-state index in [2.05, 4.69) is 26.6 Å². The third kappa shape index (κ3) is 6.80. The summed E-state index contributed by atoms with van der Waals surface area (Å²) in [4.78, 5) is 12.2. The maximum absolute atomic E-state index is 12.2. The molecule has 0 aliphatic carbocycles. The molecular weight excluding hydrogens is 439 g/mol. The maximum atomic E-state index is 12.2. The highest BCUT2D eigenvalue weighted by Crippen LogP contribution is 2.21. The molecule has 0 aliphatic rings. The Morgan fingerprint density at radius 1 is 1.15 bits per heavy atom. The van der Waals surface area contributed by atoms with E-state index < -0.39 is 0 Å². The quantitative estimate of drug-likeness (QED) is 0.510. The standard InChI is InChI=1S/C19H21BrCl2N2O2/c1-2-26-19(25)14(12-24-17-7-4-15(20)5-8-17)11-23-10-13-3-6-16(21)9-18(13)22/h3-9,14,23-24H,2,10-12H2,1H3. The van der Waals surface area contributed by atoms with Gasteiger partial charge in [-0.1, -0.05) is 45.2 Å². The lowest BCUT2D eigenvalue weighted by molar-refractivity contribution is -0.147. The monoisotopic (exact) mass is 458 g/mol. The van der Waals surface area contributed by atoms with Gasteiger partial charge in [0.15, 0.2) is 0 Å². The highest BCUT2D eigenvalue weighted by molar-refractivity contribution is 9.10. The molecule has 2 rings (SSSR count). The van der Waals surface area contributed by atoms with E-state index in [-0.39, 0.29) is 11.9 Å². The van der Waals surface area contributed by atoms with Crippen molar-refractivity contribution in [2.24, 2.45) is 5.92 Å². The van der Waals surface area contributed by atoms with Gasteiger partial charge in [0.1, 0.15) is 0 Å². The van der Waals surface area contributed by atoms with Gasteiger partial charge in [-0.05, 0) is 48.9 Å². The number of anilines is 1. The van der Waals surface area contributed by atoms with E-state index in [1.54, 1.807) is 19.1 Å². The maximum Gasteiger partial charge on any atom is 0.312 e. The average molecular weight is 460 g/mol. The first-order chi connectivity index (χ1) is 12.5. The lowest BCUT2D eigenvalue weighted by Gasteiger charge is -2.18. The van der Waals surface area contributed by atoms with Crippen molar-refractivity contribution in [1.82, 2.24) is 5.32 Å². The molecule has 0 fully saturated rings. The van der Waals surface area contributed by atoms with Gasteiger partial charge in [0, 0.05) is 39.8 Å². The van der Waals surface area contributed by atoms with Crippen molar-refractivity contribution in [1.29, 1.82) is 0 Å². The second-order valence-electron chi connectivity index (χ2n) is 5.70. The van der Waals surface area contributed by atoms with Gasteiger partial charge in [0.2, 0.25) is 0 Å². The number of carbonyl (C=O) groups excluding carboxylic acids is 1. The van der Waals surface area contributed by atoms with E-state index in [0.29, 0.717) is 36.3 Å². The highest BCUT2D eigenvalue weighted by Gasteiger charge is 2.19. The summed E-state index contributed by atoms with van der Waals surface area (Å²) >= 11 is 15.5. The molecule has 2 aromatic carbocycles. The van der Waals surface area contributed by atoms with Crippen molar-refractivity contribution in [2.75, 3.05) is 25.0 Å². The predicted molar refractivity (Wildman–Crippen MR) is 111 cm³/mol. The normalized spacial score (nSPS) is 11.8. The van der Waals surface area contributed by atoms with Crippen LogP contribution < -0.4 is 10.6 Å². The summed E-state index contributed by atoms with van der Waals surface area (Å²) in [5.74, 6) is -0.545. The van der Waals surface area contributed by atoms with E-state index in [1.165, 1.54) is 0 Å². The van der Waals surface area contributed by atoms with Crippen LogP contribution in [0.2, 0.25) is 10.0 Å². The Hall–Kier alpha value is -1.27. The van der Waals surface area contributed by atoms with Crippen LogP contribution in [0.4, 0.5) is 5.69 Å². The van der Waals surface area contributed by atoms with Gasteiger partial charge in [0.25, 0.3) is 0 Å². The van der Waals surface area contributed by atoms with Crippen LogP contribution in [0.15, 0.2) is 46.9 Å². The summed E-state index contributed by atoms with van der Waals surface area (Å²) < 4.78 is 6.19. The lowest BCUT2D eigenvalue weighted by atomic mass is 10.1. The third-order valence-electron chi connectivity index (χ3n) is 3.74. The van der Waals surface area contributed by atoms with Crippen LogP contribution >= 0.6 is 39.1 Å². The van der Waals surface area contributed by atoms with E-state index >= 15 is 0 Å².